The van der Waals surface area contributed by atoms with E-state index >= 15 is 0 Å². The first-order chi connectivity index (χ1) is 24.7. The first kappa shape index (κ1) is 35.3. The van der Waals surface area contributed by atoms with Crippen LogP contribution in [-0.4, -0.2) is 94.8 Å². The van der Waals surface area contributed by atoms with Gasteiger partial charge in [-0.3, -0.25) is 9.80 Å². The molecule has 5 aromatic rings. The number of halogens is 2. The van der Waals surface area contributed by atoms with Gasteiger partial charge in [-0.05, 0) is 72.5 Å². The van der Waals surface area contributed by atoms with Crippen LogP contribution in [-0.2, 0) is 29.0 Å². The Balaban J connectivity index is 1.39. The van der Waals surface area contributed by atoms with Crippen molar-refractivity contribution in [3.8, 4) is 33.2 Å². The number of piperazine rings is 1. The summed E-state index contributed by atoms with van der Waals surface area (Å²) in [5, 5.41) is 12.3. The van der Waals surface area contributed by atoms with Crippen LogP contribution in [0.3, 0.4) is 0 Å². The summed E-state index contributed by atoms with van der Waals surface area (Å²) < 4.78 is 26.1. The third kappa shape index (κ3) is 7.59. The molecule has 0 amide bonds. The number of thiophene rings is 1. The van der Waals surface area contributed by atoms with E-state index in [-0.39, 0.29) is 30.5 Å². The van der Waals surface area contributed by atoms with E-state index in [0.29, 0.717) is 33.9 Å². The first-order valence-corrected chi connectivity index (χ1v) is 18.5. The Labute approximate surface area is 306 Å². The maximum atomic E-state index is 14.1. The highest BCUT2D eigenvalue weighted by Crippen LogP contribution is 2.49. The Hall–Kier alpha value is -4.13. The zero-order valence-electron chi connectivity index (χ0n) is 29.0. The fraction of sp³-hybridized carbons (Fsp3) is 0.359. The predicted octanol–water partition coefficient (Wildman–Crippen LogP) is 6.95. The molecular weight excluding hydrogens is 689 g/mol. The molecule has 4 bridgehead atoms. The minimum absolute atomic E-state index is 0.0637. The second-order valence-corrected chi connectivity index (χ2v) is 14.6. The summed E-state index contributed by atoms with van der Waals surface area (Å²) in [5.74, 6) is -0.631. The molecule has 1 saturated heterocycles. The molecule has 9 nitrogen and oxygen atoms in total. The van der Waals surface area contributed by atoms with E-state index in [4.69, 9.17) is 21.1 Å². The molecule has 1 fully saturated rings. The Morgan fingerprint density at radius 2 is 1.78 bits per heavy atom. The van der Waals surface area contributed by atoms with Crippen molar-refractivity contribution < 1.29 is 23.8 Å². The van der Waals surface area contributed by atoms with Crippen molar-refractivity contribution in [2.45, 2.75) is 39.5 Å². The van der Waals surface area contributed by atoms with Gasteiger partial charge in [-0.1, -0.05) is 48.0 Å². The Bertz CT molecular complexity index is 2050. The maximum Gasteiger partial charge on any atom is 0.347 e. The van der Waals surface area contributed by atoms with Gasteiger partial charge in [-0.2, -0.15) is 0 Å². The predicted molar refractivity (Wildman–Crippen MR) is 199 cm³/mol. The molecule has 3 aliphatic rings. The molecule has 51 heavy (non-hydrogen) atoms. The number of nitrogens with zero attached hydrogens (tertiary/aromatic N) is 5. The van der Waals surface area contributed by atoms with E-state index in [9.17, 15) is 14.3 Å². The van der Waals surface area contributed by atoms with Crippen molar-refractivity contribution in [2.24, 2.45) is 0 Å². The van der Waals surface area contributed by atoms with E-state index in [1.165, 1.54) is 29.8 Å². The van der Waals surface area contributed by atoms with Gasteiger partial charge < -0.3 is 19.5 Å². The van der Waals surface area contributed by atoms with Crippen LogP contribution in [0.1, 0.15) is 29.2 Å². The third-order valence-corrected chi connectivity index (χ3v) is 11.4. The molecule has 0 radical (unpaired) electrons. The number of hydrogen-bond acceptors (Lipinski definition) is 10. The van der Waals surface area contributed by atoms with E-state index in [1.807, 2.05) is 19.1 Å². The minimum atomic E-state index is -1.11. The number of ether oxygens (including phenoxy) is 2. The molecule has 0 spiro atoms. The molecule has 3 aromatic carbocycles. The molecule has 0 unspecified atom stereocenters. The van der Waals surface area contributed by atoms with E-state index in [1.54, 1.807) is 25.1 Å². The normalized spacial score (nSPS) is 17.5. The molecule has 3 aliphatic heterocycles. The molecule has 5 heterocycles. The van der Waals surface area contributed by atoms with Crippen molar-refractivity contribution in [1.29, 1.82) is 0 Å². The van der Waals surface area contributed by atoms with Gasteiger partial charge in [0.25, 0.3) is 0 Å². The van der Waals surface area contributed by atoms with Crippen molar-refractivity contribution in [3.63, 3.8) is 0 Å². The van der Waals surface area contributed by atoms with Crippen LogP contribution < -0.4 is 4.74 Å². The zero-order valence-corrected chi connectivity index (χ0v) is 30.6. The number of phenolic OH excluding ortho intramolecular Hbond substituents is 1. The van der Waals surface area contributed by atoms with Crippen LogP contribution in [0.5, 0.6) is 11.6 Å². The highest BCUT2D eigenvalue weighted by molar-refractivity contribution is 7.22. The molecule has 12 heteroatoms. The summed E-state index contributed by atoms with van der Waals surface area (Å²) in [4.78, 5) is 31.4. The van der Waals surface area contributed by atoms with E-state index in [0.717, 1.165) is 77.5 Å². The van der Waals surface area contributed by atoms with Gasteiger partial charge in [0.2, 0.25) is 12.0 Å². The summed E-state index contributed by atoms with van der Waals surface area (Å²) in [7, 11) is 2.16. The van der Waals surface area contributed by atoms with Gasteiger partial charge in [0.05, 0.1) is 12.0 Å². The number of hydrogen-bond donors (Lipinski definition) is 1. The van der Waals surface area contributed by atoms with Crippen molar-refractivity contribution in [1.82, 2.24) is 24.7 Å². The standard InChI is InChI=1S/C39H41ClFN5O4S/c1-4-49-39(48)32-20-28-19-25(5-12-31(28)47)21-46(18-17-45-15-13-44(3)14-16-45)22-27-8-11-30(24(2)35(27)40)33-34-37(50-32)42-23-43-38(34)51-36(33)26-6-9-29(41)10-7-26/h5-12,19,23,32,47H,4,13-18,20-22H2,1-3H3/t32-/m1/s1. The van der Waals surface area contributed by atoms with Crippen LogP contribution in [0.2, 0.25) is 5.02 Å². The second-order valence-electron chi connectivity index (χ2n) is 13.3. The van der Waals surface area contributed by atoms with Crippen LogP contribution >= 0.6 is 22.9 Å². The Morgan fingerprint density at radius 1 is 1.02 bits per heavy atom. The summed E-state index contributed by atoms with van der Waals surface area (Å²) in [6, 6.07) is 16.0. The summed E-state index contributed by atoms with van der Waals surface area (Å²) in [6.07, 6.45) is 0.360. The number of likely N-dealkylation sites (N-methyl/N-ethyl adjacent to an activating group) is 1. The fourth-order valence-corrected chi connectivity index (χ4v) is 8.28. The van der Waals surface area contributed by atoms with Gasteiger partial charge in [0.1, 0.15) is 22.7 Å². The van der Waals surface area contributed by atoms with Gasteiger partial charge in [0.15, 0.2) is 0 Å². The molecule has 1 atom stereocenters. The lowest BCUT2D eigenvalue weighted by molar-refractivity contribution is -0.151. The molecule has 0 saturated carbocycles. The number of carbonyl (C=O) groups is 1. The number of phenols is 1. The largest absolute Gasteiger partial charge is 0.508 e. The number of aromatic hydroxyl groups is 1. The van der Waals surface area contributed by atoms with Crippen LogP contribution in [0, 0.1) is 12.7 Å². The third-order valence-electron chi connectivity index (χ3n) is 9.78. The molecule has 8 rings (SSSR count). The number of carbonyl (C=O) groups excluding carboxylic acids is 1. The van der Waals surface area contributed by atoms with Gasteiger partial charge in [-0.25, -0.2) is 19.2 Å². The number of fused-ring (bicyclic) bond motifs is 6. The smallest absolute Gasteiger partial charge is 0.347 e. The lowest BCUT2D eigenvalue weighted by atomic mass is 9.94. The van der Waals surface area contributed by atoms with Gasteiger partial charge >= 0.3 is 5.97 Å². The zero-order chi connectivity index (χ0) is 35.6. The highest BCUT2D eigenvalue weighted by Gasteiger charge is 2.30. The summed E-state index contributed by atoms with van der Waals surface area (Å²) >= 11 is 8.72. The van der Waals surface area contributed by atoms with Crippen LogP contribution in [0.4, 0.5) is 4.39 Å². The number of benzene rings is 3. The van der Waals surface area contributed by atoms with Crippen molar-refractivity contribution in [2.75, 3.05) is 52.9 Å². The molecule has 0 aliphatic carbocycles. The highest BCUT2D eigenvalue weighted by atomic mass is 35.5. The summed E-state index contributed by atoms with van der Waals surface area (Å²) in [5.41, 5.74) is 5.89. The van der Waals surface area contributed by atoms with Crippen LogP contribution in [0.25, 0.3) is 31.8 Å². The topological polar surface area (TPSA) is 91.3 Å². The Morgan fingerprint density at radius 3 is 2.55 bits per heavy atom. The monoisotopic (exact) mass is 729 g/mol. The maximum absolute atomic E-state index is 14.1. The van der Waals surface area contributed by atoms with E-state index in [2.05, 4.69) is 43.8 Å². The van der Waals surface area contributed by atoms with Crippen molar-refractivity contribution in [3.05, 3.63) is 94.0 Å². The molecule has 266 valence electrons. The first-order valence-electron chi connectivity index (χ1n) is 17.3. The lowest BCUT2D eigenvalue weighted by Crippen LogP contribution is -2.46. The average molecular weight is 730 g/mol. The Kier molecular flexibility index (Phi) is 10.5. The van der Waals surface area contributed by atoms with Gasteiger partial charge in [-0.15, -0.1) is 11.3 Å². The molecular formula is C39H41ClFN5O4S. The second kappa shape index (κ2) is 15.2. The van der Waals surface area contributed by atoms with Crippen molar-refractivity contribution >= 4 is 39.1 Å². The SMILES string of the molecule is CCOC(=O)[C@H]1Cc2cc(ccc2O)CN(CCN2CCN(C)CC2)Cc2ccc(c(C)c2Cl)-c2c(-c3ccc(F)cc3)sc3ncnc(c23)O1. The lowest BCUT2D eigenvalue weighted by Gasteiger charge is -2.34. The number of esters is 1. The summed E-state index contributed by atoms with van der Waals surface area (Å²) in [6.45, 7) is 11.0. The quantitative estimate of drug-likeness (QED) is 0.187. The minimum Gasteiger partial charge on any atom is -0.508 e. The molecule has 1 N–H and O–H groups in total. The van der Waals surface area contributed by atoms with Gasteiger partial charge in [0, 0.05) is 74.2 Å². The van der Waals surface area contributed by atoms with Crippen LogP contribution in [0.15, 0.2) is 60.9 Å². The fourth-order valence-electron chi connectivity index (χ4n) is 6.90. The number of aromatic nitrogens is 2. The van der Waals surface area contributed by atoms with E-state index < -0.39 is 12.1 Å². The number of rotatable bonds is 6. The molecule has 2 aromatic heterocycles. The average Bonchev–Trinajstić information content (AvgIpc) is 3.51.